The number of aromatic hydroxyl groups is 1. The molecule has 0 aliphatic carbocycles. The maximum atomic E-state index is 11.7. The van der Waals surface area contributed by atoms with Crippen molar-refractivity contribution in [2.24, 2.45) is 5.84 Å². The molecule has 0 aromatic heterocycles. The van der Waals surface area contributed by atoms with Gasteiger partial charge in [-0.3, -0.25) is 5.84 Å². The number of phenols is 1. The summed E-state index contributed by atoms with van der Waals surface area (Å²) in [6.45, 7) is 0. The fourth-order valence-corrected chi connectivity index (χ4v) is 0.831. The number of phenolic OH excluding ortho intramolecular Hbond substituents is 1. The Morgan fingerprint density at radius 3 is 2.43 bits per heavy atom. The number of benzene rings is 1. The molecule has 1 aromatic carbocycles. The molecule has 0 atom stereocenters. The highest BCUT2D eigenvalue weighted by Crippen LogP contribution is 2.30. The number of nitrogens with two attached hydrogens (primary N) is 1. The summed E-state index contributed by atoms with van der Waals surface area (Å²) in [6, 6.07) is 3.00. The van der Waals surface area contributed by atoms with E-state index in [4.69, 9.17) is 10.9 Å². The standard InChI is InChI=1S/C7H7F3N2O2/c8-7(9,10)14-4-1-2-5(12-11)6(13)3-4/h1-3,12-13H,11H2. The summed E-state index contributed by atoms with van der Waals surface area (Å²) in [7, 11) is 0. The SMILES string of the molecule is NNc1ccc(OC(F)(F)F)cc1O. The Labute approximate surface area is 77.1 Å². The van der Waals surface area contributed by atoms with Crippen LogP contribution in [-0.4, -0.2) is 11.5 Å². The normalized spacial score (nSPS) is 11.1. The van der Waals surface area contributed by atoms with Crippen LogP contribution in [0.3, 0.4) is 0 Å². The molecule has 0 bridgehead atoms. The second-order valence-electron chi connectivity index (χ2n) is 2.37. The summed E-state index contributed by atoms with van der Waals surface area (Å²) < 4.78 is 38.7. The molecule has 0 amide bonds. The predicted octanol–water partition coefficient (Wildman–Crippen LogP) is 1.58. The lowest BCUT2D eigenvalue weighted by molar-refractivity contribution is -0.274. The van der Waals surface area contributed by atoms with E-state index in [9.17, 15) is 13.2 Å². The molecule has 1 rings (SSSR count). The molecule has 78 valence electrons. The molecule has 0 saturated carbocycles. The molecule has 0 heterocycles. The smallest absolute Gasteiger partial charge is 0.506 e. The minimum Gasteiger partial charge on any atom is -0.506 e. The number of halogens is 3. The molecule has 0 fully saturated rings. The van der Waals surface area contributed by atoms with Crippen molar-refractivity contribution in [3.05, 3.63) is 18.2 Å². The van der Waals surface area contributed by atoms with Crippen molar-refractivity contribution in [3.8, 4) is 11.5 Å². The van der Waals surface area contributed by atoms with Gasteiger partial charge in [-0.1, -0.05) is 0 Å². The monoisotopic (exact) mass is 208 g/mol. The van der Waals surface area contributed by atoms with Gasteiger partial charge in [0.2, 0.25) is 0 Å². The van der Waals surface area contributed by atoms with Gasteiger partial charge in [-0.2, -0.15) is 0 Å². The van der Waals surface area contributed by atoms with Crippen LogP contribution >= 0.6 is 0 Å². The largest absolute Gasteiger partial charge is 0.573 e. The molecule has 0 radical (unpaired) electrons. The molecule has 14 heavy (non-hydrogen) atoms. The van der Waals surface area contributed by atoms with Gasteiger partial charge in [0.1, 0.15) is 11.5 Å². The van der Waals surface area contributed by atoms with Crippen molar-refractivity contribution >= 4 is 5.69 Å². The van der Waals surface area contributed by atoms with Crippen LogP contribution < -0.4 is 16.0 Å². The van der Waals surface area contributed by atoms with Gasteiger partial charge >= 0.3 is 6.36 Å². The second-order valence-corrected chi connectivity index (χ2v) is 2.37. The summed E-state index contributed by atoms with van der Waals surface area (Å²) in [4.78, 5) is 0. The van der Waals surface area contributed by atoms with E-state index in [0.29, 0.717) is 0 Å². The van der Waals surface area contributed by atoms with E-state index in [-0.39, 0.29) is 5.69 Å². The van der Waals surface area contributed by atoms with Gasteiger partial charge in [0.05, 0.1) is 5.69 Å². The Kier molecular flexibility index (Phi) is 2.70. The van der Waals surface area contributed by atoms with E-state index in [1.807, 2.05) is 0 Å². The van der Waals surface area contributed by atoms with Crippen molar-refractivity contribution in [2.45, 2.75) is 6.36 Å². The Bertz CT molecular complexity index is 327. The van der Waals surface area contributed by atoms with Crippen LogP contribution in [0.4, 0.5) is 18.9 Å². The quantitative estimate of drug-likeness (QED) is 0.392. The van der Waals surface area contributed by atoms with Crippen molar-refractivity contribution < 1.29 is 23.0 Å². The van der Waals surface area contributed by atoms with E-state index in [1.165, 1.54) is 0 Å². The van der Waals surface area contributed by atoms with Gasteiger partial charge in [0.25, 0.3) is 0 Å². The third-order valence-electron chi connectivity index (χ3n) is 1.36. The first-order valence-corrected chi connectivity index (χ1v) is 3.48. The topological polar surface area (TPSA) is 67.5 Å². The molecule has 7 heteroatoms. The van der Waals surface area contributed by atoms with Gasteiger partial charge < -0.3 is 15.3 Å². The number of nitrogen functional groups attached to an aromatic ring is 1. The van der Waals surface area contributed by atoms with Gasteiger partial charge in [0.15, 0.2) is 0 Å². The molecule has 0 unspecified atom stereocenters. The Hall–Kier alpha value is -1.63. The molecule has 0 aliphatic rings. The molecule has 0 saturated heterocycles. The summed E-state index contributed by atoms with van der Waals surface area (Å²) in [5.41, 5.74) is 2.21. The third kappa shape index (κ3) is 2.70. The van der Waals surface area contributed by atoms with Crippen molar-refractivity contribution in [1.29, 1.82) is 0 Å². The highest BCUT2D eigenvalue weighted by Gasteiger charge is 2.31. The number of anilines is 1. The van der Waals surface area contributed by atoms with Gasteiger partial charge in [-0.25, -0.2) is 0 Å². The molecule has 4 nitrogen and oxygen atoms in total. The average Bonchev–Trinajstić information content (AvgIpc) is 2.01. The van der Waals surface area contributed by atoms with Crippen LogP contribution in [0, 0.1) is 0 Å². The zero-order valence-corrected chi connectivity index (χ0v) is 6.80. The summed E-state index contributed by atoms with van der Waals surface area (Å²) in [5, 5.41) is 9.10. The number of hydrazine groups is 1. The number of ether oxygens (including phenoxy) is 1. The van der Waals surface area contributed by atoms with Crippen molar-refractivity contribution in [1.82, 2.24) is 0 Å². The van der Waals surface area contributed by atoms with Gasteiger partial charge in [0, 0.05) is 6.07 Å². The third-order valence-corrected chi connectivity index (χ3v) is 1.36. The molecular formula is C7H7F3N2O2. The van der Waals surface area contributed by atoms with Crippen LogP contribution in [0.2, 0.25) is 0 Å². The predicted molar refractivity (Wildman–Crippen MR) is 42.6 cm³/mol. The highest BCUT2D eigenvalue weighted by molar-refractivity contribution is 5.57. The highest BCUT2D eigenvalue weighted by atomic mass is 19.4. The summed E-state index contributed by atoms with van der Waals surface area (Å²) in [6.07, 6.45) is -4.77. The number of rotatable bonds is 2. The molecule has 4 N–H and O–H groups in total. The first-order valence-electron chi connectivity index (χ1n) is 3.48. The second kappa shape index (κ2) is 3.62. The number of hydrogen-bond donors (Lipinski definition) is 3. The maximum absolute atomic E-state index is 11.7. The minimum absolute atomic E-state index is 0.111. The van der Waals surface area contributed by atoms with E-state index < -0.39 is 17.9 Å². The van der Waals surface area contributed by atoms with Crippen LogP contribution in [-0.2, 0) is 0 Å². The van der Waals surface area contributed by atoms with Crippen LogP contribution in [0.15, 0.2) is 18.2 Å². The Balaban J connectivity index is 2.87. The molecule has 1 aromatic rings. The fourth-order valence-electron chi connectivity index (χ4n) is 0.831. The van der Waals surface area contributed by atoms with Crippen molar-refractivity contribution in [3.63, 3.8) is 0 Å². The zero-order valence-electron chi connectivity index (χ0n) is 6.80. The number of alkyl halides is 3. The van der Waals surface area contributed by atoms with E-state index in [2.05, 4.69) is 10.2 Å². The number of hydrogen-bond acceptors (Lipinski definition) is 4. The summed E-state index contributed by atoms with van der Waals surface area (Å²) >= 11 is 0. The first kappa shape index (κ1) is 10.5. The van der Waals surface area contributed by atoms with Crippen LogP contribution in [0.1, 0.15) is 0 Å². The van der Waals surface area contributed by atoms with Crippen molar-refractivity contribution in [2.75, 3.05) is 5.43 Å². The van der Waals surface area contributed by atoms with Gasteiger partial charge in [-0.15, -0.1) is 13.2 Å². The van der Waals surface area contributed by atoms with E-state index in [1.54, 1.807) is 0 Å². The molecular weight excluding hydrogens is 201 g/mol. The van der Waals surface area contributed by atoms with E-state index in [0.717, 1.165) is 18.2 Å². The van der Waals surface area contributed by atoms with E-state index >= 15 is 0 Å². The minimum atomic E-state index is -4.77. The lowest BCUT2D eigenvalue weighted by Gasteiger charge is -2.10. The number of nitrogens with one attached hydrogen (secondary N) is 1. The Morgan fingerprint density at radius 2 is 2.00 bits per heavy atom. The first-order chi connectivity index (χ1) is 6.42. The maximum Gasteiger partial charge on any atom is 0.573 e. The van der Waals surface area contributed by atoms with Gasteiger partial charge in [-0.05, 0) is 12.1 Å². The van der Waals surface area contributed by atoms with Crippen LogP contribution in [0.25, 0.3) is 0 Å². The van der Waals surface area contributed by atoms with Crippen LogP contribution in [0.5, 0.6) is 11.5 Å². The Morgan fingerprint density at radius 1 is 1.36 bits per heavy atom. The molecule has 0 spiro atoms. The summed E-state index contributed by atoms with van der Waals surface area (Å²) in [5.74, 6) is 4.03. The lowest BCUT2D eigenvalue weighted by atomic mass is 10.3. The fraction of sp³-hybridized carbons (Fsp3) is 0.143. The lowest BCUT2D eigenvalue weighted by Crippen LogP contribution is -2.17. The molecule has 0 aliphatic heterocycles. The zero-order chi connectivity index (χ0) is 10.8. The average molecular weight is 208 g/mol.